The van der Waals surface area contributed by atoms with Crippen molar-refractivity contribution >= 4 is 52.2 Å². The fraction of sp³-hybridized carbons (Fsp3) is 0.333. The molecule has 5 nitrogen and oxygen atoms in total. The second-order valence-corrected chi connectivity index (χ2v) is 7.14. The molecule has 0 unspecified atom stereocenters. The number of aliphatic imine (C=N–C) groups is 1. The molecule has 3 aromatic rings. The molecule has 0 aliphatic heterocycles. The van der Waals surface area contributed by atoms with Gasteiger partial charge >= 0.3 is 0 Å². The molecule has 0 aliphatic carbocycles. The number of halogens is 2. The molecule has 0 amide bonds. The standard InChI is InChI=1S/C18H22FN5S.HI/c1-11-12(2)25-17(24-11)10-23-18(20-3)21-7-6-13-9-22-16-8-14(19)4-5-15(13)16;/h4-5,8-9,22H,6-7,10H2,1-3H3,(H2,20,21,23);1H. The van der Waals surface area contributed by atoms with Gasteiger partial charge in [-0.2, -0.15) is 0 Å². The predicted molar refractivity (Wildman–Crippen MR) is 117 cm³/mol. The summed E-state index contributed by atoms with van der Waals surface area (Å²) in [5.74, 6) is 0.521. The molecule has 140 valence electrons. The third kappa shape index (κ3) is 4.94. The third-order valence-corrected chi connectivity index (χ3v) is 5.19. The highest BCUT2D eigenvalue weighted by Crippen LogP contribution is 2.19. The highest BCUT2D eigenvalue weighted by atomic mass is 127. The van der Waals surface area contributed by atoms with Gasteiger partial charge in [-0.1, -0.05) is 0 Å². The summed E-state index contributed by atoms with van der Waals surface area (Å²) < 4.78 is 13.2. The summed E-state index contributed by atoms with van der Waals surface area (Å²) in [6, 6.07) is 4.83. The van der Waals surface area contributed by atoms with Gasteiger partial charge in [0.1, 0.15) is 10.8 Å². The molecule has 0 atom stereocenters. The monoisotopic (exact) mass is 487 g/mol. The van der Waals surface area contributed by atoms with E-state index in [1.807, 2.05) is 19.2 Å². The molecule has 3 N–H and O–H groups in total. The first-order valence-electron chi connectivity index (χ1n) is 8.19. The third-order valence-electron chi connectivity index (χ3n) is 4.12. The molecular weight excluding hydrogens is 464 g/mol. The highest BCUT2D eigenvalue weighted by Gasteiger charge is 2.07. The van der Waals surface area contributed by atoms with Crippen molar-refractivity contribution < 1.29 is 4.39 Å². The average molecular weight is 487 g/mol. The van der Waals surface area contributed by atoms with Crippen LogP contribution in [0.3, 0.4) is 0 Å². The van der Waals surface area contributed by atoms with E-state index in [0.717, 1.165) is 46.1 Å². The Labute approximate surface area is 173 Å². The van der Waals surface area contributed by atoms with Crippen LogP contribution in [0.15, 0.2) is 29.4 Å². The number of nitrogens with zero attached hydrogens (tertiary/aromatic N) is 2. The zero-order valence-electron chi connectivity index (χ0n) is 15.0. The zero-order chi connectivity index (χ0) is 17.8. The number of hydrogen-bond donors (Lipinski definition) is 3. The molecular formula is C18H23FIN5S. The van der Waals surface area contributed by atoms with Gasteiger partial charge in [-0.05, 0) is 44.0 Å². The first kappa shape index (κ1) is 20.6. The number of aromatic amines is 1. The van der Waals surface area contributed by atoms with E-state index >= 15 is 0 Å². The molecule has 1 aromatic carbocycles. The van der Waals surface area contributed by atoms with Gasteiger partial charge in [0, 0.05) is 35.6 Å². The number of hydrogen-bond acceptors (Lipinski definition) is 3. The Balaban J connectivity index is 0.00000243. The van der Waals surface area contributed by atoms with E-state index in [1.54, 1.807) is 18.4 Å². The van der Waals surface area contributed by atoms with Gasteiger partial charge in [0.25, 0.3) is 0 Å². The fourth-order valence-electron chi connectivity index (χ4n) is 2.68. The summed E-state index contributed by atoms with van der Waals surface area (Å²) in [6.45, 7) is 5.50. The molecule has 2 heterocycles. The lowest BCUT2D eigenvalue weighted by Crippen LogP contribution is -2.37. The smallest absolute Gasteiger partial charge is 0.191 e. The van der Waals surface area contributed by atoms with Gasteiger partial charge in [-0.3, -0.25) is 4.99 Å². The number of nitrogens with one attached hydrogen (secondary N) is 3. The summed E-state index contributed by atoms with van der Waals surface area (Å²) in [5, 5.41) is 8.69. The maximum atomic E-state index is 13.2. The number of guanidine groups is 1. The van der Waals surface area contributed by atoms with Gasteiger partial charge in [-0.15, -0.1) is 35.3 Å². The van der Waals surface area contributed by atoms with Gasteiger partial charge in [0.15, 0.2) is 5.96 Å². The van der Waals surface area contributed by atoms with Crippen LogP contribution in [-0.2, 0) is 13.0 Å². The molecule has 0 fully saturated rings. The lowest BCUT2D eigenvalue weighted by molar-refractivity contribution is 0.629. The van der Waals surface area contributed by atoms with E-state index in [2.05, 4.69) is 32.5 Å². The molecule has 0 aliphatic rings. The molecule has 2 aromatic heterocycles. The Morgan fingerprint density at radius 1 is 1.31 bits per heavy atom. The van der Waals surface area contributed by atoms with E-state index in [-0.39, 0.29) is 29.8 Å². The number of fused-ring (bicyclic) bond motifs is 1. The summed E-state index contributed by atoms with van der Waals surface area (Å²) in [6.07, 6.45) is 2.75. The largest absolute Gasteiger partial charge is 0.361 e. The van der Waals surface area contributed by atoms with Crippen LogP contribution in [0.5, 0.6) is 0 Å². The first-order chi connectivity index (χ1) is 12.1. The van der Waals surface area contributed by atoms with Crippen molar-refractivity contribution in [3.05, 3.63) is 51.4 Å². The number of aryl methyl sites for hydroxylation is 2. The van der Waals surface area contributed by atoms with Gasteiger partial charge in [0.05, 0.1) is 12.2 Å². The van der Waals surface area contributed by atoms with Crippen molar-refractivity contribution in [2.24, 2.45) is 4.99 Å². The van der Waals surface area contributed by atoms with Gasteiger partial charge < -0.3 is 15.6 Å². The van der Waals surface area contributed by atoms with E-state index in [1.165, 1.54) is 17.0 Å². The predicted octanol–water partition coefficient (Wildman–Crippen LogP) is 3.91. The van der Waals surface area contributed by atoms with Crippen LogP contribution in [0.2, 0.25) is 0 Å². The fourth-order valence-corrected chi connectivity index (χ4v) is 3.55. The van der Waals surface area contributed by atoms with Crippen molar-refractivity contribution in [3.8, 4) is 0 Å². The van der Waals surface area contributed by atoms with Crippen LogP contribution >= 0.6 is 35.3 Å². The van der Waals surface area contributed by atoms with Crippen LogP contribution < -0.4 is 10.6 Å². The summed E-state index contributed by atoms with van der Waals surface area (Å²) in [4.78, 5) is 13.1. The first-order valence-corrected chi connectivity index (χ1v) is 9.01. The molecule has 0 saturated heterocycles. The van der Waals surface area contributed by atoms with Crippen LogP contribution in [0.4, 0.5) is 4.39 Å². The Kier molecular flexibility index (Phi) is 7.39. The van der Waals surface area contributed by atoms with Crippen LogP contribution in [0.25, 0.3) is 10.9 Å². The maximum absolute atomic E-state index is 13.2. The Morgan fingerprint density at radius 2 is 2.12 bits per heavy atom. The van der Waals surface area contributed by atoms with Crippen molar-refractivity contribution in [1.82, 2.24) is 20.6 Å². The van der Waals surface area contributed by atoms with E-state index in [0.29, 0.717) is 6.54 Å². The van der Waals surface area contributed by atoms with Crippen LogP contribution in [0.1, 0.15) is 21.1 Å². The molecule has 0 radical (unpaired) electrons. The summed E-state index contributed by atoms with van der Waals surface area (Å²) in [7, 11) is 1.75. The van der Waals surface area contributed by atoms with Crippen molar-refractivity contribution in [1.29, 1.82) is 0 Å². The Hall–Kier alpha value is -1.68. The summed E-state index contributed by atoms with van der Waals surface area (Å²) >= 11 is 1.70. The SMILES string of the molecule is CN=C(NCCc1c[nH]c2cc(F)ccc12)NCc1nc(C)c(C)s1.I. The topological polar surface area (TPSA) is 65.1 Å². The van der Waals surface area contributed by atoms with Gasteiger partial charge in [-0.25, -0.2) is 9.37 Å². The highest BCUT2D eigenvalue weighted by molar-refractivity contribution is 14.0. The number of aromatic nitrogens is 2. The van der Waals surface area contributed by atoms with Crippen molar-refractivity contribution in [3.63, 3.8) is 0 Å². The second-order valence-electron chi connectivity index (χ2n) is 5.86. The zero-order valence-corrected chi connectivity index (χ0v) is 18.2. The molecule has 8 heteroatoms. The number of benzene rings is 1. The van der Waals surface area contributed by atoms with Crippen molar-refractivity contribution in [2.75, 3.05) is 13.6 Å². The summed E-state index contributed by atoms with van der Waals surface area (Å²) in [5.41, 5.74) is 3.07. The van der Waals surface area contributed by atoms with E-state index < -0.39 is 0 Å². The number of H-pyrrole nitrogens is 1. The molecule has 3 rings (SSSR count). The minimum absolute atomic E-state index is 0. The van der Waals surface area contributed by atoms with Gasteiger partial charge in [0.2, 0.25) is 0 Å². The lowest BCUT2D eigenvalue weighted by atomic mass is 10.1. The number of thiazole rings is 1. The maximum Gasteiger partial charge on any atom is 0.191 e. The Bertz CT molecular complexity index is 883. The second kappa shape index (κ2) is 9.31. The minimum atomic E-state index is -0.226. The Morgan fingerprint density at radius 3 is 2.81 bits per heavy atom. The van der Waals surface area contributed by atoms with Crippen LogP contribution in [0, 0.1) is 19.7 Å². The normalized spacial score (nSPS) is 11.5. The average Bonchev–Trinajstić information content (AvgIpc) is 3.13. The quantitative estimate of drug-likeness (QED) is 0.291. The molecule has 0 bridgehead atoms. The van der Waals surface area contributed by atoms with E-state index in [4.69, 9.17) is 0 Å². The lowest BCUT2D eigenvalue weighted by Gasteiger charge is -2.10. The number of rotatable bonds is 5. The van der Waals surface area contributed by atoms with Crippen LogP contribution in [-0.4, -0.2) is 29.5 Å². The molecule has 26 heavy (non-hydrogen) atoms. The minimum Gasteiger partial charge on any atom is -0.361 e. The molecule has 0 saturated carbocycles. The van der Waals surface area contributed by atoms with E-state index in [9.17, 15) is 4.39 Å². The van der Waals surface area contributed by atoms with Crippen molar-refractivity contribution in [2.45, 2.75) is 26.8 Å². The molecule has 0 spiro atoms.